The number of hydrogen-bond acceptors (Lipinski definition) is 3. The van der Waals surface area contributed by atoms with E-state index in [4.69, 9.17) is 0 Å². The number of pyridine rings is 1. The van der Waals surface area contributed by atoms with Crippen LogP contribution in [0.5, 0.6) is 0 Å². The van der Waals surface area contributed by atoms with Gasteiger partial charge in [-0.25, -0.2) is 0 Å². The average Bonchev–Trinajstić information content (AvgIpc) is 3.28. The molecule has 0 saturated carbocycles. The van der Waals surface area contributed by atoms with E-state index in [2.05, 4.69) is 45.3 Å². The van der Waals surface area contributed by atoms with E-state index in [1.54, 1.807) is 12.4 Å². The van der Waals surface area contributed by atoms with Crippen molar-refractivity contribution in [2.75, 3.05) is 0 Å². The number of nitrogens with zero attached hydrogens (tertiary/aromatic N) is 2. The van der Waals surface area contributed by atoms with Crippen molar-refractivity contribution in [1.29, 1.82) is 0 Å². The van der Waals surface area contributed by atoms with Gasteiger partial charge in [0, 0.05) is 48.0 Å². The maximum atomic E-state index is 12.4. The highest BCUT2D eigenvalue weighted by atomic mass is 32.1. The molecule has 3 aromatic heterocycles. The third kappa shape index (κ3) is 3.19. The largest absolute Gasteiger partial charge is 0.351 e. The van der Waals surface area contributed by atoms with Crippen LogP contribution in [0.25, 0.3) is 21.3 Å². The molecule has 0 spiro atoms. The molecule has 4 rings (SSSR count). The Balaban J connectivity index is 1.51. The van der Waals surface area contributed by atoms with Crippen LogP contribution < -0.4 is 5.32 Å². The number of amides is 1. The van der Waals surface area contributed by atoms with Gasteiger partial charge < -0.3 is 9.88 Å². The molecule has 25 heavy (non-hydrogen) atoms. The Morgan fingerprint density at radius 2 is 2.12 bits per heavy atom. The second-order valence-corrected chi connectivity index (χ2v) is 6.99. The summed E-state index contributed by atoms with van der Waals surface area (Å²) in [5, 5.41) is 4.15. The van der Waals surface area contributed by atoms with Crippen molar-refractivity contribution in [2.24, 2.45) is 7.05 Å². The third-order valence-electron chi connectivity index (χ3n) is 4.18. The molecule has 0 saturated heterocycles. The van der Waals surface area contributed by atoms with Gasteiger partial charge >= 0.3 is 0 Å². The Morgan fingerprint density at radius 3 is 2.96 bits per heavy atom. The van der Waals surface area contributed by atoms with Crippen molar-refractivity contribution < 1.29 is 4.79 Å². The van der Waals surface area contributed by atoms with Crippen molar-refractivity contribution in [1.82, 2.24) is 14.9 Å². The monoisotopic (exact) mass is 347 g/mol. The summed E-state index contributed by atoms with van der Waals surface area (Å²) >= 11 is 1.51. The molecule has 3 heterocycles. The van der Waals surface area contributed by atoms with Gasteiger partial charge in [0.1, 0.15) is 0 Å². The van der Waals surface area contributed by atoms with Crippen LogP contribution in [-0.4, -0.2) is 15.5 Å². The molecule has 0 fully saturated rings. The number of thiophene rings is 1. The molecule has 0 aliphatic carbocycles. The van der Waals surface area contributed by atoms with Crippen molar-refractivity contribution in [3.63, 3.8) is 0 Å². The molecule has 4 aromatic rings. The molecule has 0 bridgehead atoms. The first kappa shape index (κ1) is 15.6. The first-order valence-electron chi connectivity index (χ1n) is 8.03. The quantitative estimate of drug-likeness (QED) is 0.600. The molecule has 5 heteroatoms. The van der Waals surface area contributed by atoms with Crippen LogP contribution in [0.2, 0.25) is 0 Å². The fraction of sp³-hybridized carbons (Fsp3) is 0.100. The number of carbonyl (C=O) groups excluding carboxylic acids is 1. The SMILES string of the molecule is Cn1ccc2cc(-c3ccc(C(=O)NCc4cccnc4)s3)ccc21. The molecule has 0 unspecified atom stereocenters. The molecule has 0 aliphatic heterocycles. The minimum absolute atomic E-state index is 0.0547. The van der Waals surface area contributed by atoms with E-state index in [1.807, 2.05) is 31.3 Å². The molecule has 0 atom stereocenters. The number of benzene rings is 1. The molecular formula is C20H17N3OS. The lowest BCUT2D eigenvalue weighted by Gasteiger charge is -2.03. The molecule has 0 radical (unpaired) electrons. The molecule has 1 aromatic carbocycles. The van der Waals surface area contributed by atoms with Gasteiger partial charge in [-0.15, -0.1) is 11.3 Å². The Bertz CT molecular complexity index is 1030. The fourth-order valence-electron chi connectivity index (χ4n) is 2.82. The summed E-state index contributed by atoms with van der Waals surface area (Å²) in [6.45, 7) is 0.482. The highest BCUT2D eigenvalue weighted by Crippen LogP contribution is 2.30. The Kier molecular flexibility index (Phi) is 4.07. The van der Waals surface area contributed by atoms with Crippen LogP contribution in [-0.2, 0) is 13.6 Å². The first-order chi connectivity index (χ1) is 12.2. The number of fused-ring (bicyclic) bond motifs is 1. The zero-order chi connectivity index (χ0) is 17.2. The summed E-state index contributed by atoms with van der Waals surface area (Å²) in [6.07, 6.45) is 5.54. The van der Waals surface area contributed by atoms with Gasteiger partial charge in [-0.3, -0.25) is 9.78 Å². The van der Waals surface area contributed by atoms with E-state index in [9.17, 15) is 4.79 Å². The number of aromatic nitrogens is 2. The smallest absolute Gasteiger partial charge is 0.261 e. The molecule has 124 valence electrons. The first-order valence-corrected chi connectivity index (χ1v) is 8.85. The molecular weight excluding hydrogens is 330 g/mol. The highest BCUT2D eigenvalue weighted by molar-refractivity contribution is 7.17. The summed E-state index contributed by atoms with van der Waals surface area (Å²) in [6, 6.07) is 16.2. The summed E-state index contributed by atoms with van der Waals surface area (Å²) in [5.74, 6) is -0.0547. The highest BCUT2D eigenvalue weighted by Gasteiger charge is 2.11. The van der Waals surface area contributed by atoms with Crippen LogP contribution in [0, 0.1) is 0 Å². The Hall–Kier alpha value is -2.92. The van der Waals surface area contributed by atoms with E-state index in [-0.39, 0.29) is 5.91 Å². The van der Waals surface area contributed by atoms with Gasteiger partial charge in [0.2, 0.25) is 0 Å². The van der Waals surface area contributed by atoms with Gasteiger partial charge in [0.15, 0.2) is 0 Å². The van der Waals surface area contributed by atoms with E-state index in [0.29, 0.717) is 11.4 Å². The van der Waals surface area contributed by atoms with E-state index >= 15 is 0 Å². The van der Waals surface area contributed by atoms with Crippen LogP contribution in [0.4, 0.5) is 0 Å². The lowest BCUT2D eigenvalue weighted by Crippen LogP contribution is -2.21. The van der Waals surface area contributed by atoms with Crippen LogP contribution in [0.15, 0.2) is 67.1 Å². The average molecular weight is 347 g/mol. The lowest BCUT2D eigenvalue weighted by atomic mass is 10.1. The second-order valence-electron chi connectivity index (χ2n) is 5.91. The van der Waals surface area contributed by atoms with Gasteiger partial charge in [0.25, 0.3) is 5.91 Å². The van der Waals surface area contributed by atoms with Crippen LogP contribution in [0.1, 0.15) is 15.2 Å². The van der Waals surface area contributed by atoms with Crippen molar-refractivity contribution >= 4 is 28.1 Å². The maximum absolute atomic E-state index is 12.4. The zero-order valence-corrected chi connectivity index (χ0v) is 14.6. The Morgan fingerprint density at radius 1 is 1.20 bits per heavy atom. The van der Waals surface area contributed by atoms with Gasteiger partial charge in [0.05, 0.1) is 4.88 Å². The molecule has 4 nitrogen and oxygen atoms in total. The standard InChI is InChI=1S/C20H17N3OS/c1-23-10-8-15-11-16(4-5-17(15)23)18-6-7-19(25-18)20(24)22-13-14-3-2-9-21-12-14/h2-12H,13H2,1H3,(H,22,24). The summed E-state index contributed by atoms with van der Waals surface area (Å²) in [4.78, 5) is 18.2. The Labute approximate surface area is 149 Å². The number of aryl methyl sites for hydroxylation is 1. The summed E-state index contributed by atoms with van der Waals surface area (Å²) < 4.78 is 2.10. The minimum Gasteiger partial charge on any atom is -0.351 e. The topological polar surface area (TPSA) is 46.9 Å². The van der Waals surface area contributed by atoms with Crippen molar-refractivity contribution in [3.8, 4) is 10.4 Å². The third-order valence-corrected chi connectivity index (χ3v) is 5.31. The van der Waals surface area contributed by atoms with E-state index in [0.717, 1.165) is 16.0 Å². The number of carbonyl (C=O) groups is 1. The molecule has 1 amide bonds. The van der Waals surface area contributed by atoms with Crippen LogP contribution >= 0.6 is 11.3 Å². The predicted octanol–water partition coefficient (Wildman–Crippen LogP) is 4.23. The summed E-state index contributed by atoms with van der Waals surface area (Å²) in [5.41, 5.74) is 3.33. The second kappa shape index (κ2) is 6.53. The number of nitrogens with one attached hydrogen (secondary N) is 1. The van der Waals surface area contributed by atoms with Gasteiger partial charge in [-0.1, -0.05) is 12.1 Å². The van der Waals surface area contributed by atoms with Gasteiger partial charge in [-0.05, 0) is 47.5 Å². The van der Waals surface area contributed by atoms with Gasteiger partial charge in [-0.2, -0.15) is 0 Å². The molecule has 0 aliphatic rings. The van der Waals surface area contributed by atoms with E-state index in [1.165, 1.54) is 22.2 Å². The zero-order valence-electron chi connectivity index (χ0n) is 13.8. The lowest BCUT2D eigenvalue weighted by molar-refractivity contribution is 0.0955. The number of rotatable bonds is 4. The van der Waals surface area contributed by atoms with E-state index < -0.39 is 0 Å². The van der Waals surface area contributed by atoms with Crippen molar-refractivity contribution in [2.45, 2.75) is 6.54 Å². The normalized spacial score (nSPS) is 10.9. The van der Waals surface area contributed by atoms with Crippen molar-refractivity contribution in [3.05, 3.63) is 77.6 Å². The fourth-order valence-corrected chi connectivity index (χ4v) is 3.74. The minimum atomic E-state index is -0.0547. The molecule has 1 N–H and O–H groups in total. The van der Waals surface area contributed by atoms with Crippen LogP contribution in [0.3, 0.4) is 0 Å². The summed E-state index contributed by atoms with van der Waals surface area (Å²) in [7, 11) is 2.04. The maximum Gasteiger partial charge on any atom is 0.261 e. The predicted molar refractivity (Wildman–Crippen MR) is 102 cm³/mol. The number of hydrogen-bond donors (Lipinski definition) is 1.